The summed E-state index contributed by atoms with van der Waals surface area (Å²) >= 11 is 3.91. The summed E-state index contributed by atoms with van der Waals surface area (Å²) in [6.07, 6.45) is 0.821. The van der Waals surface area contributed by atoms with E-state index in [1.54, 1.807) is 0 Å². The largest absolute Gasteiger partial charge is 0.338 e. The van der Waals surface area contributed by atoms with Crippen molar-refractivity contribution in [2.75, 3.05) is 5.75 Å². The lowest BCUT2D eigenvalue weighted by molar-refractivity contribution is 0.348. The third-order valence-electron chi connectivity index (χ3n) is 3.05. The van der Waals surface area contributed by atoms with E-state index in [4.69, 9.17) is 10.3 Å². The number of hydrogen-bond donors (Lipinski definition) is 1. The van der Waals surface area contributed by atoms with E-state index in [0.717, 1.165) is 18.0 Å². The zero-order valence-electron chi connectivity index (χ0n) is 10.4. The summed E-state index contributed by atoms with van der Waals surface area (Å²) in [5.41, 5.74) is 5.88. The molecule has 2 N–H and O–H groups in total. The van der Waals surface area contributed by atoms with Crippen LogP contribution in [0, 0.1) is 0 Å². The van der Waals surface area contributed by atoms with Crippen molar-refractivity contribution in [2.24, 2.45) is 5.73 Å². The molecule has 1 saturated heterocycles. The number of hydrogen-bond acceptors (Lipinski definition) is 6. The molecule has 1 aromatic heterocycles. The van der Waals surface area contributed by atoms with Gasteiger partial charge in [-0.3, -0.25) is 0 Å². The van der Waals surface area contributed by atoms with E-state index < -0.39 is 0 Å². The van der Waals surface area contributed by atoms with E-state index in [0.29, 0.717) is 21.6 Å². The van der Waals surface area contributed by atoms with Crippen LogP contribution in [0.4, 0.5) is 0 Å². The monoisotopic (exact) mass is 273 g/mol. The molecule has 4 atom stereocenters. The zero-order valence-corrected chi connectivity index (χ0v) is 12.1. The maximum Gasteiger partial charge on any atom is 0.243 e. The molecule has 1 aliphatic rings. The fourth-order valence-electron chi connectivity index (χ4n) is 1.62. The molecule has 0 aromatic carbocycles. The summed E-state index contributed by atoms with van der Waals surface area (Å²) in [7, 11) is 0. The van der Waals surface area contributed by atoms with Crippen molar-refractivity contribution in [3.8, 4) is 0 Å². The van der Waals surface area contributed by atoms with Crippen LogP contribution in [0.25, 0.3) is 0 Å². The lowest BCUT2D eigenvalue weighted by atomic mass is 10.2. The Hall–Kier alpha value is -0.200. The van der Waals surface area contributed by atoms with Crippen molar-refractivity contribution in [3.05, 3.63) is 11.7 Å². The van der Waals surface area contributed by atoms with Gasteiger partial charge in [-0.1, -0.05) is 25.9 Å². The molecule has 6 heteroatoms. The molecule has 1 aliphatic heterocycles. The first-order valence-corrected chi connectivity index (χ1v) is 7.97. The SMILES string of the molecule is CC[C@@H](N)c1nc(C2CSC(C)C(C)S2)no1. The Kier molecular flexibility index (Phi) is 4.38. The molecule has 3 unspecified atom stereocenters. The van der Waals surface area contributed by atoms with Crippen LogP contribution in [0.15, 0.2) is 4.52 Å². The highest BCUT2D eigenvalue weighted by atomic mass is 32.2. The van der Waals surface area contributed by atoms with E-state index in [1.807, 2.05) is 30.4 Å². The second-order valence-electron chi connectivity index (χ2n) is 4.37. The number of rotatable bonds is 3. The van der Waals surface area contributed by atoms with E-state index >= 15 is 0 Å². The van der Waals surface area contributed by atoms with E-state index in [-0.39, 0.29) is 6.04 Å². The minimum atomic E-state index is -0.131. The maximum absolute atomic E-state index is 5.88. The van der Waals surface area contributed by atoms with Crippen LogP contribution in [-0.2, 0) is 0 Å². The second-order valence-corrected chi connectivity index (χ2v) is 7.37. The lowest BCUT2D eigenvalue weighted by Gasteiger charge is -2.29. The fourth-order valence-corrected chi connectivity index (χ4v) is 4.46. The van der Waals surface area contributed by atoms with Gasteiger partial charge >= 0.3 is 0 Å². The molecule has 4 nitrogen and oxygen atoms in total. The number of thioether (sulfide) groups is 2. The highest BCUT2D eigenvalue weighted by molar-refractivity contribution is 8.07. The minimum Gasteiger partial charge on any atom is -0.338 e. The summed E-state index contributed by atoms with van der Waals surface area (Å²) in [5, 5.41) is 5.73. The van der Waals surface area contributed by atoms with Crippen molar-refractivity contribution < 1.29 is 4.52 Å². The minimum absolute atomic E-state index is 0.131. The first-order chi connectivity index (χ1) is 8.11. The predicted octanol–water partition coefficient (Wildman–Crippen LogP) is 2.78. The van der Waals surface area contributed by atoms with Crippen molar-refractivity contribution in [3.63, 3.8) is 0 Å². The molecule has 17 heavy (non-hydrogen) atoms. The van der Waals surface area contributed by atoms with Gasteiger partial charge in [0.05, 0.1) is 11.3 Å². The van der Waals surface area contributed by atoms with Crippen LogP contribution >= 0.6 is 23.5 Å². The smallest absolute Gasteiger partial charge is 0.243 e. The Labute approximate surface area is 110 Å². The average Bonchev–Trinajstić information content (AvgIpc) is 2.81. The normalized spacial score (nSPS) is 31.4. The van der Waals surface area contributed by atoms with Gasteiger partial charge in [0.1, 0.15) is 0 Å². The Morgan fingerprint density at radius 3 is 2.88 bits per heavy atom. The van der Waals surface area contributed by atoms with Crippen molar-refractivity contribution >= 4 is 23.5 Å². The van der Waals surface area contributed by atoms with Crippen LogP contribution in [0.3, 0.4) is 0 Å². The van der Waals surface area contributed by atoms with Crippen molar-refractivity contribution in [1.29, 1.82) is 0 Å². The Morgan fingerprint density at radius 2 is 2.24 bits per heavy atom. The number of aromatic nitrogens is 2. The average molecular weight is 273 g/mol. The summed E-state index contributed by atoms with van der Waals surface area (Å²) < 4.78 is 5.22. The van der Waals surface area contributed by atoms with Crippen LogP contribution in [0.5, 0.6) is 0 Å². The Balaban J connectivity index is 2.05. The topological polar surface area (TPSA) is 64.9 Å². The molecule has 0 spiro atoms. The molecular formula is C11H19N3OS2. The maximum atomic E-state index is 5.88. The van der Waals surface area contributed by atoms with Gasteiger partial charge in [-0.25, -0.2) is 0 Å². The Morgan fingerprint density at radius 1 is 1.47 bits per heavy atom. The standard InChI is InChI=1S/C11H19N3OS2/c1-4-8(12)11-13-10(14-15-11)9-5-16-6(2)7(3)17-9/h6-9H,4-5,12H2,1-3H3/t6?,7?,8-,9?/m1/s1. The van der Waals surface area contributed by atoms with Gasteiger partial charge in [-0.05, 0) is 6.42 Å². The molecule has 0 amide bonds. The third kappa shape index (κ3) is 2.98. The van der Waals surface area contributed by atoms with Crippen LogP contribution in [0.2, 0.25) is 0 Å². The third-order valence-corrected chi connectivity index (χ3v) is 6.44. The van der Waals surface area contributed by atoms with Gasteiger partial charge in [0, 0.05) is 16.3 Å². The molecule has 2 rings (SSSR count). The predicted molar refractivity (Wildman–Crippen MR) is 73.2 cm³/mol. The molecule has 0 saturated carbocycles. The highest BCUT2D eigenvalue weighted by Gasteiger charge is 2.30. The van der Waals surface area contributed by atoms with Gasteiger partial charge in [0.15, 0.2) is 5.82 Å². The van der Waals surface area contributed by atoms with Gasteiger partial charge in [0.25, 0.3) is 0 Å². The van der Waals surface area contributed by atoms with Gasteiger partial charge < -0.3 is 10.3 Å². The van der Waals surface area contributed by atoms with Gasteiger partial charge in [-0.2, -0.15) is 16.7 Å². The molecule has 0 aliphatic carbocycles. The summed E-state index contributed by atoms with van der Waals surface area (Å²) in [4.78, 5) is 4.43. The summed E-state index contributed by atoms with van der Waals surface area (Å²) in [6, 6.07) is -0.131. The van der Waals surface area contributed by atoms with Gasteiger partial charge in [0.2, 0.25) is 5.89 Å². The molecule has 1 fully saturated rings. The highest BCUT2D eigenvalue weighted by Crippen LogP contribution is 2.43. The zero-order chi connectivity index (χ0) is 12.4. The van der Waals surface area contributed by atoms with Crippen LogP contribution < -0.4 is 5.73 Å². The molecular weight excluding hydrogens is 254 g/mol. The second kappa shape index (κ2) is 5.63. The molecule has 96 valence electrons. The van der Waals surface area contributed by atoms with E-state index in [9.17, 15) is 0 Å². The summed E-state index contributed by atoms with van der Waals surface area (Å²) in [6.45, 7) is 6.55. The number of nitrogens with zero attached hydrogens (tertiary/aromatic N) is 2. The molecule has 0 radical (unpaired) electrons. The first kappa shape index (κ1) is 13.2. The molecule has 0 bridgehead atoms. The van der Waals surface area contributed by atoms with Crippen LogP contribution in [-0.4, -0.2) is 26.4 Å². The Bertz CT molecular complexity index is 371. The molecule has 1 aromatic rings. The van der Waals surface area contributed by atoms with Crippen molar-refractivity contribution in [1.82, 2.24) is 10.1 Å². The van der Waals surface area contributed by atoms with Gasteiger partial charge in [-0.15, -0.1) is 11.8 Å². The fraction of sp³-hybridized carbons (Fsp3) is 0.818. The van der Waals surface area contributed by atoms with Crippen molar-refractivity contribution in [2.45, 2.75) is 49.0 Å². The summed E-state index contributed by atoms with van der Waals surface area (Å²) in [5.74, 6) is 2.43. The number of nitrogens with two attached hydrogens (primary N) is 1. The molecule has 2 heterocycles. The first-order valence-electron chi connectivity index (χ1n) is 5.98. The lowest BCUT2D eigenvalue weighted by Crippen LogP contribution is -2.22. The van der Waals surface area contributed by atoms with E-state index in [2.05, 4.69) is 24.0 Å². The van der Waals surface area contributed by atoms with Crippen LogP contribution in [0.1, 0.15) is 50.2 Å². The quantitative estimate of drug-likeness (QED) is 0.913. The van der Waals surface area contributed by atoms with E-state index in [1.165, 1.54) is 0 Å².